The van der Waals surface area contributed by atoms with Crippen molar-refractivity contribution < 1.29 is 9.53 Å². The number of carbonyl (C=O) groups is 1. The zero-order valence-electron chi connectivity index (χ0n) is 13.2. The third-order valence-electron chi connectivity index (χ3n) is 4.02. The van der Waals surface area contributed by atoms with Crippen LogP contribution in [0.5, 0.6) is 5.75 Å². The van der Waals surface area contributed by atoms with Gasteiger partial charge in [-0.05, 0) is 19.1 Å². The first-order chi connectivity index (χ1) is 11.2. The van der Waals surface area contributed by atoms with Gasteiger partial charge in [0.2, 0.25) is 5.91 Å². The SMILES string of the molecule is C[C@H](NCCn1cccn1)C(=O)N[C@H]1CCOc2ccccc21. The lowest BCUT2D eigenvalue weighted by atomic mass is 10.0. The first-order valence-electron chi connectivity index (χ1n) is 7.97. The lowest BCUT2D eigenvalue weighted by Crippen LogP contribution is -2.45. The van der Waals surface area contributed by atoms with Crippen molar-refractivity contribution in [1.29, 1.82) is 0 Å². The van der Waals surface area contributed by atoms with Crippen LogP contribution < -0.4 is 15.4 Å². The van der Waals surface area contributed by atoms with E-state index in [2.05, 4.69) is 15.7 Å². The number of nitrogens with zero attached hydrogens (tertiary/aromatic N) is 2. The number of nitrogens with one attached hydrogen (secondary N) is 2. The molecule has 0 unspecified atom stereocenters. The third kappa shape index (κ3) is 3.90. The number of carbonyl (C=O) groups excluding carboxylic acids is 1. The van der Waals surface area contributed by atoms with E-state index in [-0.39, 0.29) is 18.0 Å². The summed E-state index contributed by atoms with van der Waals surface area (Å²) in [5.74, 6) is 0.871. The highest BCUT2D eigenvalue weighted by Gasteiger charge is 2.24. The fourth-order valence-electron chi connectivity index (χ4n) is 2.71. The quantitative estimate of drug-likeness (QED) is 0.848. The molecule has 1 amide bonds. The van der Waals surface area contributed by atoms with Crippen molar-refractivity contribution in [3.8, 4) is 5.75 Å². The van der Waals surface area contributed by atoms with Crippen LogP contribution in [0.2, 0.25) is 0 Å². The highest BCUT2D eigenvalue weighted by atomic mass is 16.5. The molecule has 0 saturated carbocycles. The van der Waals surface area contributed by atoms with Crippen LogP contribution in [-0.4, -0.2) is 34.9 Å². The molecule has 0 spiro atoms. The smallest absolute Gasteiger partial charge is 0.237 e. The summed E-state index contributed by atoms with van der Waals surface area (Å²) in [4.78, 5) is 12.4. The zero-order chi connectivity index (χ0) is 16.1. The van der Waals surface area contributed by atoms with Crippen molar-refractivity contribution in [2.75, 3.05) is 13.2 Å². The van der Waals surface area contributed by atoms with Gasteiger partial charge < -0.3 is 15.4 Å². The second-order valence-corrected chi connectivity index (χ2v) is 5.68. The molecule has 1 aromatic carbocycles. The molecule has 0 radical (unpaired) electrons. The summed E-state index contributed by atoms with van der Waals surface area (Å²) in [6.45, 7) is 3.94. The maximum Gasteiger partial charge on any atom is 0.237 e. The molecule has 0 aliphatic carbocycles. The van der Waals surface area contributed by atoms with Gasteiger partial charge in [-0.15, -0.1) is 0 Å². The first kappa shape index (κ1) is 15.6. The number of fused-ring (bicyclic) bond motifs is 1. The van der Waals surface area contributed by atoms with Gasteiger partial charge in [-0.25, -0.2) is 0 Å². The predicted molar refractivity (Wildman–Crippen MR) is 87.1 cm³/mol. The third-order valence-corrected chi connectivity index (χ3v) is 4.02. The van der Waals surface area contributed by atoms with Crippen molar-refractivity contribution in [1.82, 2.24) is 20.4 Å². The van der Waals surface area contributed by atoms with E-state index in [0.717, 1.165) is 24.3 Å². The van der Waals surface area contributed by atoms with Crippen molar-refractivity contribution in [3.05, 3.63) is 48.3 Å². The van der Waals surface area contributed by atoms with E-state index in [0.29, 0.717) is 13.2 Å². The number of amides is 1. The Labute approximate surface area is 135 Å². The number of ether oxygens (including phenoxy) is 1. The molecule has 3 rings (SSSR count). The zero-order valence-corrected chi connectivity index (χ0v) is 13.2. The molecule has 0 saturated heterocycles. The fourth-order valence-corrected chi connectivity index (χ4v) is 2.71. The molecule has 2 N–H and O–H groups in total. The number of rotatable bonds is 6. The highest BCUT2D eigenvalue weighted by molar-refractivity contribution is 5.81. The van der Waals surface area contributed by atoms with Gasteiger partial charge in [-0.2, -0.15) is 5.10 Å². The average molecular weight is 314 g/mol. The molecule has 6 nitrogen and oxygen atoms in total. The summed E-state index contributed by atoms with van der Waals surface area (Å²) in [5, 5.41) is 10.5. The molecule has 6 heteroatoms. The Kier molecular flexibility index (Phi) is 4.92. The summed E-state index contributed by atoms with van der Waals surface area (Å²) < 4.78 is 7.46. The second-order valence-electron chi connectivity index (χ2n) is 5.68. The molecule has 2 atom stereocenters. The second kappa shape index (κ2) is 7.28. The van der Waals surface area contributed by atoms with Crippen LogP contribution in [0, 0.1) is 0 Å². The van der Waals surface area contributed by atoms with Gasteiger partial charge in [0.1, 0.15) is 5.75 Å². The van der Waals surface area contributed by atoms with Gasteiger partial charge in [0.25, 0.3) is 0 Å². The van der Waals surface area contributed by atoms with Crippen LogP contribution in [0.4, 0.5) is 0 Å². The standard InChI is InChI=1S/C17H22N4O2/c1-13(18-9-11-21-10-4-8-19-21)17(22)20-15-7-12-23-16-6-3-2-5-14(15)16/h2-6,8,10,13,15,18H,7,9,11-12H2,1H3,(H,20,22)/t13-,15-/m0/s1. The minimum Gasteiger partial charge on any atom is -0.493 e. The van der Waals surface area contributed by atoms with Gasteiger partial charge >= 0.3 is 0 Å². The van der Waals surface area contributed by atoms with Crippen LogP contribution in [0.15, 0.2) is 42.7 Å². The van der Waals surface area contributed by atoms with Crippen LogP contribution in [0.3, 0.4) is 0 Å². The maximum absolute atomic E-state index is 12.4. The molecule has 1 aromatic heterocycles. The van der Waals surface area contributed by atoms with Crippen molar-refractivity contribution in [3.63, 3.8) is 0 Å². The largest absolute Gasteiger partial charge is 0.493 e. The Balaban J connectivity index is 1.50. The van der Waals surface area contributed by atoms with Crippen molar-refractivity contribution in [2.45, 2.75) is 32.0 Å². The Morgan fingerprint density at radius 1 is 1.43 bits per heavy atom. The molecular formula is C17H22N4O2. The van der Waals surface area contributed by atoms with E-state index in [1.807, 2.05) is 48.1 Å². The van der Waals surface area contributed by atoms with E-state index in [4.69, 9.17) is 4.74 Å². The summed E-state index contributed by atoms with van der Waals surface area (Å²) in [6.07, 6.45) is 4.45. The normalized spacial score (nSPS) is 17.9. The van der Waals surface area contributed by atoms with Gasteiger partial charge in [-0.1, -0.05) is 18.2 Å². The monoisotopic (exact) mass is 314 g/mol. The van der Waals surface area contributed by atoms with E-state index in [1.165, 1.54) is 0 Å². The Morgan fingerprint density at radius 2 is 2.30 bits per heavy atom. The van der Waals surface area contributed by atoms with Crippen LogP contribution in [0.1, 0.15) is 24.9 Å². The summed E-state index contributed by atoms with van der Waals surface area (Å²) in [6, 6.07) is 9.53. The molecule has 0 bridgehead atoms. The number of hydrogen-bond acceptors (Lipinski definition) is 4. The maximum atomic E-state index is 12.4. The number of benzene rings is 1. The highest BCUT2D eigenvalue weighted by Crippen LogP contribution is 2.31. The van der Waals surface area contributed by atoms with Crippen molar-refractivity contribution >= 4 is 5.91 Å². The van der Waals surface area contributed by atoms with Gasteiger partial charge in [0.15, 0.2) is 0 Å². The van der Waals surface area contributed by atoms with Gasteiger partial charge in [-0.3, -0.25) is 9.48 Å². The topological polar surface area (TPSA) is 68.2 Å². The predicted octanol–water partition coefficient (Wildman–Crippen LogP) is 1.50. The average Bonchev–Trinajstić information content (AvgIpc) is 3.08. The van der Waals surface area contributed by atoms with E-state index in [1.54, 1.807) is 6.20 Å². The molecular weight excluding hydrogens is 292 g/mol. The molecule has 2 aromatic rings. The van der Waals surface area contributed by atoms with Crippen LogP contribution in [0.25, 0.3) is 0 Å². The molecule has 23 heavy (non-hydrogen) atoms. The Bertz CT molecular complexity index is 642. The molecule has 1 aliphatic heterocycles. The van der Waals surface area contributed by atoms with Crippen LogP contribution >= 0.6 is 0 Å². The molecule has 0 fully saturated rings. The first-order valence-corrected chi connectivity index (χ1v) is 7.97. The summed E-state index contributed by atoms with van der Waals surface area (Å²) in [7, 11) is 0. The minimum absolute atomic E-state index is 0.00664. The Morgan fingerprint density at radius 3 is 3.13 bits per heavy atom. The van der Waals surface area contributed by atoms with Crippen LogP contribution in [-0.2, 0) is 11.3 Å². The summed E-state index contributed by atoms with van der Waals surface area (Å²) in [5.41, 5.74) is 1.05. The van der Waals surface area contributed by atoms with Crippen molar-refractivity contribution in [2.24, 2.45) is 0 Å². The lowest BCUT2D eigenvalue weighted by Gasteiger charge is -2.27. The van der Waals surface area contributed by atoms with Gasteiger partial charge in [0.05, 0.1) is 25.2 Å². The van der Waals surface area contributed by atoms with E-state index < -0.39 is 0 Å². The number of hydrogen-bond donors (Lipinski definition) is 2. The van der Waals surface area contributed by atoms with E-state index >= 15 is 0 Å². The van der Waals surface area contributed by atoms with Gasteiger partial charge in [0, 0.05) is 30.9 Å². The van der Waals surface area contributed by atoms with E-state index in [9.17, 15) is 4.79 Å². The molecule has 2 heterocycles. The fraction of sp³-hybridized carbons (Fsp3) is 0.412. The Hall–Kier alpha value is -2.34. The molecule has 122 valence electrons. The number of para-hydroxylation sites is 1. The number of aromatic nitrogens is 2. The molecule has 1 aliphatic rings. The lowest BCUT2D eigenvalue weighted by molar-refractivity contribution is -0.123. The summed E-state index contributed by atoms with van der Waals surface area (Å²) >= 11 is 0. The minimum atomic E-state index is -0.249.